The minimum absolute atomic E-state index is 0.696. The van der Waals surface area contributed by atoms with E-state index >= 15 is 0 Å². The highest BCUT2D eigenvalue weighted by Crippen LogP contribution is 2.04. The van der Waals surface area contributed by atoms with Gasteiger partial charge in [0.25, 0.3) is 0 Å². The van der Waals surface area contributed by atoms with E-state index in [1.807, 2.05) is 27.7 Å². The van der Waals surface area contributed by atoms with Gasteiger partial charge in [0.05, 0.1) is 0 Å². The molecule has 0 aliphatic carbocycles. The molecule has 0 heterocycles. The second-order valence-electron chi connectivity index (χ2n) is 2.65. The molecule has 0 aliphatic rings. The van der Waals surface area contributed by atoms with Crippen LogP contribution < -0.4 is 0 Å². The van der Waals surface area contributed by atoms with Gasteiger partial charge in [-0.2, -0.15) is 0 Å². The Balaban J connectivity index is 3.93. The third-order valence-electron chi connectivity index (χ3n) is 1.51. The van der Waals surface area contributed by atoms with Crippen LogP contribution in [0.1, 0.15) is 27.7 Å². The van der Waals surface area contributed by atoms with Gasteiger partial charge < -0.3 is 17.7 Å². The maximum Gasteiger partial charge on any atom is 0.386 e. The first kappa shape index (κ1) is 15.3. The highest BCUT2D eigenvalue weighted by atomic mass is 28.4. The van der Waals surface area contributed by atoms with Crippen LogP contribution in [0.15, 0.2) is 0 Å². The molecular weight excluding hydrogens is 228 g/mol. The standard InChI is InChI=1S/C9H22O4Si2/c1-5-10-14(11-6-2)9-15(12-7-3)13-8-4/h5-9H2,1-4H3. The van der Waals surface area contributed by atoms with Crippen LogP contribution in [0.5, 0.6) is 0 Å². The van der Waals surface area contributed by atoms with Crippen molar-refractivity contribution in [3.8, 4) is 0 Å². The van der Waals surface area contributed by atoms with E-state index in [0.29, 0.717) is 26.4 Å². The average molecular weight is 250 g/mol. The maximum absolute atomic E-state index is 5.55. The molecule has 0 aromatic heterocycles. The van der Waals surface area contributed by atoms with E-state index in [1.54, 1.807) is 0 Å². The first-order valence-corrected chi connectivity index (χ1v) is 8.55. The second kappa shape index (κ2) is 10.8. The van der Waals surface area contributed by atoms with Crippen LogP contribution in [0, 0.1) is 0 Å². The SMILES string of the molecule is CCO[Si](C[Si](OCC)OCC)OCC. The number of rotatable bonds is 10. The van der Waals surface area contributed by atoms with E-state index in [4.69, 9.17) is 17.7 Å². The maximum atomic E-state index is 5.55. The van der Waals surface area contributed by atoms with Crippen molar-refractivity contribution in [3.05, 3.63) is 0 Å². The zero-order valence-electron chi connectivity index (χ0n) is 10.2. The van der Waals surface area contributed by atoms with E-state index in [2.05, 4.69) is 0 Å². The Morgan fingerprint density at radius 2 is 0.867 bits per heavy atom. The van der Waals surface area contributed by atoms with Gasteiger partial charge in [-0.25, -0.2) is 0 Å². The first-order chi connectivity index (χ1) is 7.28. The fourth-order valence-electron chi connectivity index (χ4n) is 1.05. The molecule has 6 heteroatoms. The molecule has 0 rings (SSSR count). The predicted molar refractivity (Wildman–Crippen MR) is 62.8 cm³/mol. The van der Waals surface area contributed by atoms with E-state index in [1.165, 1.54) is 0 Å². The summed E-state index contributed by atoms with van der Waals surface area (Å²) >= 11 is 0. The van der Waals surface area contributed by atoms with Crippen LogP contribution in [0.2, 0.25) is 5.67 Å². The topological polar surface area (TPSA) is 36.9 Å². The molecule has 0 fully saturated rings. The molecule has 0 unspecified atom stereocenters. The van der Waals surface area contributed by atoms with Crippen molar-refractivity contribution in [2.75, 3.05) is 26.4 Å². The van der Waals surface area contributed by atoms with Gasteiger partial charge in [-0.3, -0.25) is 0 Å². The van der Waals surface area contributed by atoms with Crippen molar-refractivity contribution in [1.82, 2.24) is 0 Å². The Labute approximate surface area is 96.6 Å². The number of hydrogen-bond donors (Lipinski definition) is 0. The monoisotopic (exact) mass is 250 g/mol. The quantitative estimate of drug-likeness (QED) is 0.553. The lowest BCUT2D eigenvalue weighted by molar-refractivity contribution is 0.196. The molecule has 0 aliphatic heterocycles. The summed E-state index contributed by atoms with van der Waals surface area (Å²) in [5.41, 5.74) is 0.818. The van der Waals surface area contributed by atoms with Crippen molar-refractivity contribution >= 4 is 18.6 Å². The lowest BCUT2D eigenvalue weighted by atomic mass is 10.9. The number of hydrogen-bond acceptors (Lipinski definition) is 4. The fourth-order valence-corrected chi connectivity index (χ4v) is 5.08. The zero-order chi connectivity index (χ0) is 11.5. The molecule has 0 saturated carbocycles. The average Bonchev–Trinajstić information content (AvgIpc) is 2.19. The van der Waals surface area contributed by atoms with Gasteiger partial charge in [-0.15, -0.1) is 0 Å². The first-order valence-electron chi connectivity index (χ1n) is 5.51. The molecule has 0 spiro atoms. The fraction of sp³-hybridized carbons (Fsp3) is 1.00. The Morgan fingerprint density at radius 1 is 0.600 bits per heavy atom. The van der Waals surface area contributed by atoms with Crippen molar-refractivity contribution in [2.24, 2.45) is 0 Å². The molecule has 0 N–H and O–H groups in total. The molecule has 0 atom stereocenters. The second-order valence-corrected chi connectivity index (χ2v) is 6.71. The Kier molecular flexibility index (Phi) is 11.0. The Morgan fingerprint density at radius 3 is 1.07 bits per heavy atom. The van der Waals surface area contributed by atoms with Gasteiger partial charge >= 0.3 is 18.6 Å². The summed E-state index contributed by atoms with van der Waals surface area (Å²) in [5.74, 6) is 0. The summed E-state index contributed by atoms with van der Waals surface area (Å²) in [6, 6.07) is 0. The summed E-state index contributed by atoms with van der Waals surface area (Å²) in [6.45, 7) is 10.7. The minimum atomic E-state index is -1.19. The minimum Gasteiger partial charge on any atom is -0.394 e. The van der Waals surface area contributed by atoms with Crippen LogP contribution in [0.25, 0.3) is 0 Å². The van der Waals surface area contributed by atoms with Crippen LogP contribution in [-0.2, 0) is 17.7 Å². The molecule has 0 saturated heterocycles. The lowest BCUT2D eigenvalue weighted by Gasteiger charge is -2.17. The van der Waals surface area contributed by atoms with E-state index in [9.17, 15) is 0 Å². The molecular formula is C9H22O4Si2. The van der Waals surface area contributed by atoms with Gasteiger partial charge in [0, 0.05) is 32.1 Å². The smallest absolute Gasteiger partial charge is 0.386 e. The zero-order valence-corrected chi connectivity index (χ0v) is 12.2. The molecule has 90 valence electrons. The molecule has 0 bridgehead atoms. The molecule has 2 radical (unpaired) electrons. The van der Waals surface area contributed by atoms with Crippen LogP contribution in [-0.4, -0.2) is 45.0 Å². The van der Waals surface area contributed by atoms with Crippen molar-refractivity contribution < 1.29 is 17.7 Å². The van der Waals surface area contributed by atoms with E-state index in [-0.39, 0.29) is 0 Å². The van der Waals surface area contributed by atoms with Crippen LogP contribution in [0.3, 0.4) is 0 Å². The Bertz CT molecular complexity index is 111. The van der Waals surface area contributed by atoms with Crippen LogP contribution >= 0.6 is 0 Å². The highest BCUT2D eigenvalue weighted by Gasteiger charge is 2.26. The summed E-state index contributed by atoms with van der Waals surface area (Å²) in [6.07, 6.45) is 0. The van der Waals surface area contributed by atoms with Gasteiger partial charge in [0.15, 0.2) is 0 Å². The Hall–Kier alpha value is 0.274. The summed E-state index contributed by atoms with van der Waals surface area (Å²) < 4.78 is 22.2. The third kappa shape index (κ3) is 8.12. The van der Waals surface area contributed by atoms with Gasteiger partial charge in [-0.05, 0) is 27.7 Å². The van der Waals surface area contributed by atoms with Gasteiger partial charge in [0.1, 0.15) is 0 Å². The van der Waals surface area contributed by atoms with E-state index in [0.717, 1.165) is 5.67 Å². The molecule has 0 amide bonds. The predicted octanol–water partition coefficient (Wildman–Crippen LogP) is 1.65. The molecule has 0 aromatic carbocycles. The van der Waals surface area contributed by atoms with Gasteiger partial charge in [0.2, 0.25) is 0 Å². The largest absolute Gasteiger partial charge is 0.394 e. The molecule has 0 aromatic rings. The molecule has 4 nitrogen and oxygen atoms in total. The van der Waals surface area contributed by atoms with Crippen molar-refractivity contribution in [2.45, 2.75) is 33.4 Å². The third-order valence-corrected chi connectivity index (χ3v) is 6.26. The van der Waals surface area contributed by atoms with Crippen LogP contribution in [0.4, 0.5) is 0 Å². The van der Waals surface area contributed by atoms with Crippen molar-refractivity contribution in [1.29, 1.82) is 0 Å². The van der Waals surface area contributed by atoms with Gasteiger partial charge in [-0.1, -0.05) is 0 Å². The normalized spacial score (nSPS) is 11.6. The summed E-state index contributed by atoms with van der Waals surface area (Å²) in [7, 11) is -2.39. The summed E-state index contributed by atoms with van der Waals surface area (Å²) in [4.78, 5) is 0. The van der Waals surface area contributed by atoms with E-state index < -0.39 is 18.6 Å². The van der Waals surface area contributed by atoms with Crippen molar-refractivity contribution in [3.63, 3.8) is 0 Å². The lowest BCUT2D eigenvalue weighted by Crippen LogP contribution is -2.34. The highest BCUT2D eigenvalue weighted by molar-refractivity contribution is 6.64. The summed E-state index contributed by atoms with van der Waals surface area (Å²) in [5, 5.41) is 0. The molecule has 15 heavy (non-hydrogen) atoms.